The molecule has 2 aromatic rings. The Labute approximate surface area is 142 Å². The average molecular weight is 327 g/mol. The number of para-hydroxylation sites is 1. The van der Waals surface area contributed by atoms with Crippen molar-refractivity contribution in [3.63, 3.8) is 0 Å². The van der Waals surface area contributed by atoms with Gasteiger partial charge in [0.1, 0.15) is 0 Å². The SMILES string of the molecule is CCCCC(=O)N1CCN(Cc2cc3ccccc3[nH]c2=O)CC1. The monoisotopic (exact) mass is 327 g/mol. The molecular formula is C19H25N3O2. The summed E-state index contributed by atoms with van der Waals surface area (Å²) >= 11 is 0. The number of carbonyl (C=O) groups is 1. The largest absolute Gasteiger partial charge is 0.340 e. The Morgan fingerprint density at radius 3 is 2.67 bits per heavy atom. The number of hydrogen-bond donors (Lipinski definition) is 1. The second-order valence-electron chi connectivity index (χ2n) is 6.47. The van der Waals surface area contributed by atoms with Crippen molar-refractivity contribution in [1.29, 1.82) is 0 Å². The molecule has 1 N–H and O–H groups in total. The highest BCUT2D eigenvalue weighted by Gasteiger charge is 2.21. The van der Waals surface area contributed by atoms with E-state index in [4.69, 9.17) is 0 Å². The summed E-state index contributed by atoms with van der Waals surface area (Å²) in [6, 6.07) is 9.81. The molecule has 1 aromatic heterocycles. The van der Waals surface area contributed by atoms with E-state index < -0.39 is 0 Å². The van der Waals surface area contributed by atoms with Gasteiger partial charge in [-0.2, -0.15) is 0 Å². The number of pyridine rings is 1. The molecule has 3 rings (SSSR count). The molecule has 2 heterocycles. The quantitative estimate of drug-likeness (QED) is 0.917. The molecule has 0 bridgehead atoms. The molecular weight excluding hydrogens is 302 g/mol. The third-order valence-electron chi connectivity index (χ3n) is 4.69. The normalized spacial score (nSPS) is 15.8. The molecule has 5 heteroatoms. The number of carbonyl (C=O) groups excluding carboxylic acids is 1. The van der Waals surface area contributed by atoms with Gasteiger partial charge in [-0.25, -0.2) is 0 Å². The lowest BCUT2D eigenvalue weighted by atomic mass is 10.1. The van der Waals surface area contributed by atoms with E-state index in [1.165, 1.54) is 0 Å². The van der Waals surface area contributed by atoms with Crippen molar-refractivity contribution in [2.24, 2.45) is 0 Å². The highest BCUT2D eigenvalue weighted by Crippen LogP contribution is 2.13. The molecule has 1 saturated heterocycles. The third kappa shape index (κ3) is 3.85. The number of fused-ring (bicyclic) bond motifs is 1. The zero-order valence-corrected chi connectivity index (χ0v) is 14.3. The molecule has 0 spiro atoms. The van der Waals surface area contributed by atoms with E-state index in [0.29, 0.717) is 13.0 Å². The standard InChI is InChI=1S/C19H25N3O2/c1-2-3-8-18(23)22-11-9-21(10-12-22)14-16-13-15-6-4-5-7-17(15)20-19(16)24/h4-7,13H,2-3,8-12,14H2,1H3,(H,20,24). The van der Waals surface area contributed by atoms with Gasteiger partial charge < -0.3 is 9.88 Å². The number of rotatable bonds is 5. The Kier molecular flexibility index (Phi) is 5.30. The zero-order valence-electron chi connectivity index (χ0n) is 14.3. The molecule has 0 aliphatic carbocycles. The summed E-state index contributed by atoms with van der Waals surface area (Å²) in [5.41, 5.74) is 1.65. The molecule has 0 atom stereocenters. The summed E-state index contributed by atoms with van der Waals surface area (Å²) in [5, 5.41) is 1.06. The van der Waals surface area contributed by atoms with Crippen LogP contribution in [0.1, 0.15) is 31.7 Å². The van der Waals surface area contributed by atoms with E-state index in [-0.39, 0.29) is 11.5 Å². The summed E-state index contributed by atoms with van der Waals surface area (Å²) < 4.78 is 0. The first-order valence-corrected chi connectivity index (χ1v) is 8.78. The minimum atomic E-state index is -0.0184. The predicted molar refractivity (Wildman–Crippen MR) is 96.0 cm³/mol. The minimum absolute atomic E-state index is 0.0184. The number of aromatic amines is 1. The Morgan fingerprint density at radius 2 is 1.92 bits per heavy atom. The molecule has 1 aromatic carbocycles. The van der Waals surface area contributed by atoms with Crippen molar-refractivity contribution in [2.45, 2.75) is 32.7 Å². The molecule has 1 aliphatic rings. The van der Waals surface area contributed by atoms with Crippen LogP contribution < -0.4 is 5.56 Å². The Bertz CT molecular complexity index is 761. The number of H-pyrrole nitrogens is 1. The lowest BCUT2D eigenvalue weighted by Crippen LogP contribution is -2.48. The van der Waals surface area contributed by atoms with Gasteiger partial charge in [0.25, 0.3) is 5.56 Å². The van der Waals surface area contributed by atoms with Crippen LogP contribution in [0.3, 0.4) is 0 Å². The average Bonchev–Trinajstić information content (AvgIpc) is 2.61. The van der Waals surface area contributed by atoms with Gasteiger partial charge in [0.05, 0.1) is 0 Å². The number of nitrogens with zero attached hydrogens (tertiary/aromatic N) is 2. The van der Waals surface area contributed by atoms with E-state index in [0.717, 1.165) is 55.5 Å². The van der Waals surface area contributed by atoms with E-state index >= 15 is 0 Å². The van der Waals surface area contributed by atoms with Gasteiger partial charge >= 0.3 is 0 Å². The first-order chi connectivity index (χ1) is 11.7. The van der Waals surface area contributed by atoms with Gasteiger partial charge in [0, 0.05) is 50.2 Å². The van der Waals surface area contributed by atoms with Crippen LogP contribution in [0, 0.1) is 0 Å². The third-order valence-corrected chi connectivity index (χ3v) is 4.69. The van der Waals surface area contributed by atoms with E-state index in [1.54, 1.807) is 0 Å². The minimum Gasteiger partial charge on any atom is -0.340 e. The van der Waals surface area contributed by atoms with Crippen molar-refractivity contribution >= 4 is 16.8 Å². The highest BCUT2D eigenvalue weighted by atomic mass is 16.2. The fraction of sp³-hybridized carbons (Fsp3) is 0.474. The molecule has 0 saturated carbocycles. The molecule has 0 radical (unpaired) electrons. The van der Waals surface area contributed by atoms with E-state index in [1.807, 2.05) is 35.2 Å². The maximum atomic E-state index is 12.3. The van der Waals surface area contributed by atoms with Gasteiger partial charge in [-0.15, -0.1) is 0 Å². The van der Waals surface area contributed by atoms with Gasteiger partial charge in [-0.3, -0.25) is 14.5 Å². The topological polar surface area (TPSA) is 56.4 Å². The number of benzene rings is 1. The van der Waals surface area contributed by atoms with E-state index in [9.17, 15) is 9.59 Å². The second kappa shape index (κ2) is 7.62. The number of nitrogens with one attached hydrogen (secondary N) is 1. The van der Waals surface area contributed by atoms with Crippen LogP contribution in [-0.4, -0.2) is 46.9 Å². The number of aromatic nitrogens is 1. The van der Waals surface area contributed by atoms with Crippen molar-refractivity contribution < 1.29 is 4.79 Å². The highest BCUT2D eigenvalue weighted by molar-refractivity contribution is 5.78. The van der Waals surface area contributed by atoms with Crippen LogP contribution in [0.15, 0.2) is 35.1 Å². The van der Waals surface area contributed by atoms with Crippen molar-refractivity contribution in [2.75, 3.05) is 26.2 Å². The second-order valence-corrected chi connectivity index (χ2v) is 6.47. The van der Waals surface area contributed by atoms with Crippen molar-refractivity contribution in [3.8, 4) is 0 Å². The lowest BCUT2D eigenvalue weighted by molar-refractivity contribution is -0.133. The van der Waals surface area contributed by atoms with Crippen molar-refractivity contribution in [3.05, 3.63) is 46.2 Å². The summed E-state index contributed by atoms with van der Waals surface area (Å²) in [6.07, 6.45) is 2.67. The zero-order chi connectivity index (χ0) is 16.9. The number of amides is 1. The molecule has 1 aliphatic heterocycles. The van der Waals surface area contributed by atoms with Crippen LogP contribution in [-0.2, 0) is 11.3 Å². The van der Waals surface area contributed by atoms with E-state index in [2.05, 4.69) is 16.8 Å². The first kappa shape index (κ1) is 16.7. The summed E-state index contributed by atoms with van der Waals surface area (Å²) in [5.74, 6) is 0.264. The van der Waals surface area contributed by atoms with Gasteiger partial charge in [-0.05, 0) is 23.9 Å². The Hall–Kier alpha value is -2.14. The van der Waals surface area contributed by atoms with Crippen LogP contribution >= 0.6 is 0 Å². The number of hydrogen-bond acceptors (Lipinski definition) is 3. The fourth-order valence-corrected chi connectivity index (χ4v) is 3.19. The Morgan fingerprint density at radius 1 is 1.17 bits per heavy atom. The summed E-state index contributed by atoms with van der Waals surface area (Å²) in [7, 11) is 0. The molecule has 128 valence electrons. The van der Waals surface area contributed by atoms with Crippen LogP contribution in [0.5, 0.6) is 0 Å². The van der Waals surface area contributed by atoms with Crippen LogP contribution in [0.4, 0.5) is 0 Å². The van der Waals surface area contributed by atoms with Gasteiger partial charge in [0.15, 0.2) is 0 Å². The van der Waals surface area contributed by atoms with Gasteiger partial charge in [0.2, 0.25) is 5.91 Å². The molecule has 1 amide bonds. The smallest absolute Gasteiger partial charge is 0.252 e. The lowest BCUT2D eigenvalue weighted by Gasteiger charge is -2.34. The molecule has 5 nitrogen and oxygen atoms in total. The Balaban J connectivity index is 1.61. The molecule has 24 heavy (non-hydrogen) atoms. The maximum Gasteiger partial charge on any atom is 0.252 e. The summed E-state index contributed by atoms with van der Waals surface area (Å²) in [4.78, 5) is 31.5. The van der Waals surface area contributed by atoms with Crippen molar-refractivity contribution in [1.82, 2.24) is 14.8 Å². The summed E-state index contributed by atoms with van der Waals surface area (Å²) in [6.45, 7) is 5.90. The van der Waals surface area contributed by atoms with Crippen LogP contribution in [0.25, 0.3) is 10.9 Å². The number of piperazine rings is 1. The fourth-order valence-electron chi connectivity index (χ4n) is 3.19. The molecule has 1 fully saturated rings. The van der Waals surface area contributed by atoms with Gasteiger partial charge in [-0.1, -0.05) is 31.5 Å². The molecule has 0 unspecified atom stereocenters. The first-order valence-electron chi connectivity index (χ1n) is 8.78. The maximum absolute atomic E-state index is 12.3. The predicted octanol–water partition coefficient (Wildman–Crippen LogP) is 2.36. The number of unbranched alkanes of at least 4 members (excludes halogenated alkanes) is 1. The van der Waals surface area contributed by atoms with Crippen LogP contribution in [0.2, 0.25) is 0 Å².